The van der Waals surface area contributed by atoms with Crippen LogP contribution in [-0.4, -0.2) is 23.0 Å². The summed E-state index contributed by atoms with van der Waals surface area (Å²) >= 11 is 8.54. The lowest BCUT2D eigenvalue weighted by Gasteiger charge is -2.16. The number of rotatable bonds is 5. The highest BCUT2D eigenvalue weighted by Gasteiger charge is 2.14. The van der Waals surface area contributed by atoms with E-state index in [1.165, 1.54) is 0 Å². The third-order valence-corrected chi connectivity index (χ3v) is 4.48. The van der Waals surface area contributed by atoms with Gasteiger partial charge in [-0.15, -0.1) is 0 Å². The molecule has 26 heavy (non-hydrogen) atoms. The summed E-state index contributed by atoms with van der Waals surface area (Å²) in [4.78, 5) is 24.6. The van der Waals surface area contributed by atoms with Crippen molar-refractivity contribution >= 4 is 50.8 Å². The molecule has 5 nitrogen and oxygen atoms in total. The van der Waals surface area contributed by atoms with E-state index in [2.05, 4.69) is 31.9 Å². The molecule has 0 saturated carbocycles. The molecule has 0 fully saturated rings. The predicted octanol–water partition coefficient (Wildman–Crippen LogP) is 4.10. The summed E-state index contributed by atoms with van der Waals surface area (Å²) in [6.07, 6.45) is 0.836. The van der Waals surface area contributed by atoms with Crippen LogP contribution in [0.1, 0.15) is 41.0 Å². The Morgan fingerprint density at radius 1 is 1.08 bits per heavy atom. The number of nitrogens with one attached hydrogen (secondary N) is 3. The minimum absolute atomic E-state index is 0.0691. The van der Waals surface area contributed by atoms with E-state index >= 15 is 0 Å². The van der Waals surface area contributed by atoms with E-state index in [1.807, 2.05) is 13.8 Å². The van der Waals surface area contributed by atoms with Gasteiger partial charge in [0.1, 0.15) is 0 Å². The van der Waals surface area contributed by atoms with Crippen molar-refractivity contribution in [3.63, 3.8) is 0 Å². The summed E-state index contributed by atoms with van der Waals surface area (Å²) in [5.41, 5.74) is 1.49. The van der Waals surface area contributed by atoms with Crippen LogP contribution in [0, 0.1) is 0 Å². The maximum Gasteiger partial charge on any atom is 0.257 e. The zero-order valence-electron chi connectivity index (χ0n) is 14.5. The van der Waals surface area contributed by atoms with E-state index in [4.69, 9.17) is 12.2 Å². The van der Waals surface area contributed by atoms with Crippen LogP contribution < -0.4 is 16.0 Å². The summed E-state index contributed by atoms with van der Waals surface area (Å²) in [6, 6.07) is 14.0. The molecule has 0 spiro atoms. The van der Waals surface area contributed by atoms with Gasteiger partial charge in [0.05, 0.1) is 11.3 Å². The van der Waals surface area contributed by atoms with Gasteiger partial charge in [0.2, 0.25) is 0 Å². The maximum atomic E-state index is 12.4. The number of benzene rings is 2. The number of hydrogen-bond donors (Lipinski definition) is 3. The second kappa shape index (κ2) is 9.45. The van der Waals surface area contributed by atoms with Crippen LogP contribution >= 0.6 is 28.1 Å². The highest BCUT2D eigenvalue weighted by Crippen LogP contribution is 2.15. The van der Waals surface area contributed by atoms with Gasteiger partial charge in [0.15, 0.2) is 5.11 Å². The molecule has 0 radical (unpaired) electrons. The smallest absolute Gasteiger partial charge is 0.257 e. The summed E-state index contributed by atoms with van der Waals surface area (Å²) in [7, 11) is 0. The molecule has 2 aromatic rings. The quantitative estimate of drug-likeness (QED) is 0.620. The van der Waals surface area contributed by atoms with Crippen LogP contribution in [0.5, 0.6) is 0 Å². The number of anilines is 1. The minimum Gasteiger partial charge on any atom is -0.350 e. The third-order valence-electron chi connectivity index (χ3n) is 3.74. The van der Waals surface area contributed by atoms with Crippen molar-refractivity contribution in [2.24, 2.45) is 0 Å². The first kappa shape index (κ1) is 20.1. The first-order valence-corrected chi connectivity index (χ1v) is 9.38. The van der Waals surface area contributed by atoms with E-state index < -0.39 is 0 Å². The maximum absolute atomic E-state index is 12.4. The van der Waals surface area contributed by atoms with Crippen LogP contribution in [0.3, 0.4) is 0 Å². The van der Waals surface area contributed by atoms with E-state index in [0.717, 1.165) is 10.9 Å². The van der Waals surface area contributed by atoms with Crippen molar-refractivity contribution in [1.82, 2.24) is 10.6 Å². The van der Waals surface area contributed by atoms with Gasteiger partial charge < -0.3 is 10.6 Å². The average molecular weight is 434 g/mol. The molecular formula is C19H20BrN3O2S. The summed E-state index contributed by atoms with van der Waals surface area (Å²) in [5, 5.41) is 8.58. The fourth-order valence-corrected chi connectivity index (χ4v) is 2.59. The third kappa shape index (κ3) is 5.64. The standard InChI is InChI=1S/C19H20BrN3O2S/c1-3-12(2)21-18(25)15-6-4-5-7-16(15)22-19(26)23-17(24)13-8-10-14(20)11-9-13/h4-12H,3H2,1-2H3,(H,21,25)(H2,22,23,24,26). The Balaban J connectivity index is 2.06. The molecule has 2 amide bonds. The van der Waals surface area contributed by atoms with Crippen molar-refractivity contribution in [1.29, 1.82) is 0 Å². The Kier molecular flexibility index (Phi) is 7.29. The normalized spacial score (nSPS) is 11.3. The van der Waals surface area contributed by atoms with Gasteiger partial charge in [-0.1, -0.05) is 35.0 Å². The van der Waals surface area contributed by atoms with Gasteiger partial charge in [-0.25, -0.2) is 0 Å². The SMILES string of the molecule is CCC(C)NC(=O)c1ccccc1NC(=S)NC(=O)c1ccc(Br)cc1. The molecule has 1 unspecified atom stereocenters. The van der Waals surface area contributed by atoms with E-state index in [1.54, 1.807) is 48.5 Å². The predicted molar refractivity (Wildman–Crippen MR) is 111 cm³/mol. The number of carbonyl (C=O) groups is 2. The second-order valence-corrected chi connectivity index (χ2v) is 7.07. The Bertz CT molecular complexity index is 809. The number of thiocarbonyl (C=S) groups is 1. The van der Waals surface area contributed by atoms with Gasteiger partial charge in [-0.05, 0) is 62.0 Å². The fourth-order valence-electron chi connectivity index (χ4n) is 2.12. The highest BCUT2D eigenvalue weighted by atomic mass is 79.9. The van der Waals surface area contributed by atoms with Crippen molar-refractivity contribution in [2.45, 2.75) is 26.3 Å². The summed E-state index contributed by atoms with van der Waals surface area (Å²) < 4.78 is 0.885. The molecule has 2 aromatic carbocycles. The Morgan fingerprint density at radius 2 is 1.73 bits per heavy atom. The first-order chi connectivity index (χ1) is 12.4. The van der Waals surface area contributed by atoms with Crippen molar-refractivity contribution in [2.75, 3.05) is 5.32 Å². The molecule has 136 valence electrons. The first-order valence-electron chi connectivity index (χ1n) is 8.18. The second-order valence-electron chi connectivity index (χ2n) is 5.74. The molecule has 0 heterocycles. The molecule has 2 rings (SSSR count). The van der Waals surface area contributed by atoms with Crippen LogP contribution in [0.4, 0.5) is 5.69 Å². The molecule has 7 heteroatoms. The Labute approximate surface area is 166 Å². The summed E-state index contributed by atoms with van der Waals surface area (Å²) in [5.74, 6) is -0.513. The van der Waals surface area contributed by atoms with Gasteiger partial charge in [0, 0.05) is 16.1 Å². The lowest BCUT2D eigenvalue weighted by atomic mass is 10.1. The van der Waals surface area contributed by atoms with E-state index in [-0.39, 0.29) is 23.0 Å². The van der Waals surface area contributed by atoms with Crippen LogP contribution in [0.2, 0.25) is 0 Å². The molecule has 0 saturated heterocycles. The van der Waals surface area contributed by atoms with Crippen LogP contribution in [0.25, 0.3) is 0 Å². The Hall–Kier alpha value is -2.25. The minimum atomic E-state index is -0.323. The fraction of sp³-hybridized carbons (Fsp3) is 0.211. The lowest BCUT2D eigenvalue weighted by molar-refractivity contribution is 0.0938. The van der Waals surface area contributed by atoms with Crippen LogP contribution in [0.15, 0.2) is 53.0 Å². The molecule has 3 N–H and O–H groups in total. The average Bonchev–Trinajstić information content (AvgIpc) is 2.62. The zero-order valence-corrected chi connectivity index (χ0v) is 16.9. The molecule has 0 aliphatic rings. The molecule has 0 aliphatic carbocycles. The highest BCUT2D eigenvalue weighted by molar-refractivity contribution is 9.10. The zero-order chi connectivity index (χ0) is 19.1. The summed E-state index contributed by atoms with van der Waals surface area (Å²) in [6.45, 7) is 3.94. The molecular weight excluding hydrogens is 414 g/mol. The van der Waals surface area contributed by atoms with Gasteiger partial charge >= 0.3 is 0 Å². The molecule has 1 atom stereocenters. The number of para-hydroxylation sites is 1. The monoisotopic (exact) mass is 433 g/mol. The van der Waals surface area contributed by atoms with Gasteiger partial charge in [-0.2, -0.15) is 0 Å². The number of carbonyl (C=O) groups excluding carboxylic acids is 2. The molecule has 0 aromatic heterocycles. The topological polar surface area (TPSA) is 70.2 Å². The molecule has 0 aliphatic heterocycles. The van der Waals surface area contributed by atoms with Crippen molar-refractivity contribution in [3.05, 3.63) is 64.1 Å². The van der Waals surface area contributed by atoms with E-state index in [9.17, 15) is 9.59 Å². The Morgan fingerprint density at radius 3 is 2.38 bits per heavy atom. The largest absolute Gasteiger partial charge is 0.350 e. The van der Waals surface area contributed by atoms with Crippen molar-refractivity contribution < 1.29 is 9.59 Å². The van der Waals surface area contributed by atoms with Crippen LogP contribution in [-0.2, 0) is 0 Å². The van der Waals surface area contributed by atoms with Gasteiger partial charge in [0.25, 0.3) is 11.8 Å². The lowest BCUT2D eigenvalue weighted by Crippen LogP contribution is -2.36. The number of amides is 2. The number of halogens is 1. The van der Waals surface area contributed by atoms with Gasteiger partial charge in [-0.3, -0.25) is 14.9 Å². The molecule has 0 bridgehead atoms. The van der Waals surface area contributed by atoms with E-state index in [0.29, 0.717) is 16.8 Å². The number of hydrogen-bond acceptors (Lipinski definition) is 3. The van der Waals surface area contributed by atoms with Crippen molar-refractivity contribution in [3.8, 4) is 0 Å².